The number of ketones is 1. The van der Waals surface area contributed by atoms with Gasteiger partial charge in [0.25, 0.3) is 0 Å². The summed E-state index contributed by atoms with van der Waals surface area (Å²) in [5, 5.41) is 0. The third-order valence-corrected chi connectivity index (χ3v) is 4.46. The number of carbonyl (C=O) groups excluding carboxylic acids is 1. The second-order valence-electron chi connectivity index (χ2n) is 4.20. The number of Topliss-reactive ketones (excluding diaryl/α,β-unsaturated/α-hetero) is 1. The van der Waals surface area contributed by atoms with Crippen LogP contribution < -0.4 is 4.74 Å². The summed E-state index contributed by atoms with van der Waals surface area (Å²) in [5.41, 5.74) is 0.273. The first-order valence-electron chi connectivity index (χ1n) is 5.98. The summed E-state index contributed by atoms with van der Waals surface area (Å²) in [4.78, 5) is 12.3. The Morgan fingerprint density at radius 1 is 1.00 bits per heavy atom. The molecule has 0 atom stereocenters. The van der Waals surface area contributed by atoms with Gasteiger partial charge in [-0.3, -0.25) is 4.79 Å². The second-order valence-corrected chi connectivity index (χ2v) is 6.19. The van der Waals surface area contributed by atoms with Crippen molar-refractivity contribution < 1.29 is 17.9 Å². The number of carbonyl (C=O) groups is 1. The normalized spacial score (nSPS) is 11.1. The van der Waals surface area contributed by atoms with E-state index in [1.165, 1.54) is 19.2 Å². The molecule has 0 spiro atoms. The third-order valence-electron chi connectivity index (χ3n) is 2.83. The molecular formula is C15H14O4S. The molecule has 5 heteroatoms. The molecule has 0 fully saturated rings. The molecule has 4 nitrogen and oxygen atoms in total. The van der Waals surface area contributed by atoms with Crippen molar-refractivity contribution in [1.82, 2.24) is 0 Å². The molecule has 0 N–H and O–H groups in total. The zero-order chi connectivity index (χ0) is 14.6. The molecule has 0 bridgehead atoms. The van der Waals surface area contributed by atoms with Gasteiger partial charge in [-0.25, -0.2) is 8.42 Å². The van der Waals surface area contributed by atoms with Gasteiger partial charge in [0.15, 0.2) is 15.6 Å². The predicted octanol–water partition coefficient (Wildman–Crippen LogP) is 2.35. The molecular weight excluding hydrogens is 276 g/mol. The van der Waals surface area contributed by atoms with Crippen molar-refractivity contribution in [2.75, 3.05) is 12.9 Å². The van der Waals surface area contributed by atoms with E-state index in [2.05, 4.69) is 0 Å². The highest BCUT2D eigenvalue weighted by Gasteiger charge is 2.22. The van der Waals surface area contributed by atoms with Crippen LogP contribution in [0.1, 0.15) is 10.4 Å². The van der Waals surface area contributed by atoms with Crippen LogP contribution in [0.3, 0.4) is 0 Å². The number of para-hydroxylation sites is 1. The molecule has 0 saturated heterocycles. The van der Waals surface area contributed by atoms with Gasteiger partial charge in [-0.2, -0.15) is 0 Å². The third kappa shape index (κ3) is 3.05. The van der Waals surface area contributed by atoms with Crippen molar-refractivity contribution in [3.63, 3.8) is 0 Å². The fraction of sp³-hybridized carbons (Fsp3) is 0.133. The number of rotatable bonds is 5. The lowest BCUT2D eigenvalue weighted by Gasteiger charge is -2.08. The van der Waals surface area contributed by atoms with Gasteiger partial charge in [0.2, 0.25) is 0 Å². The summed E-state index contributed by atoms with van der Waals surface area (Å²) in [5.74, 6) is -0.677. The Balaban J connectivity index is 2.28. The highest BCUT2D eigenvalue weighted by atomic mass is 32.2. The molecule has 0 radical (unpaired) electrons. The van der Waals surface area contributed by atoms with Gasteiger partial charge in [-0.15, -0.1) is 0 Å². The molecule has 0 aromatic heterocycles. The maximum Gasteiger partial charge on any atom is 0.185 e. The molecule has 0 aliphatic rings. The fourth-order valence-electron chi connectivity index (χ4n) is 1.84. The van der Waals surface area contributed by atoms with Crippen LogP contribution >= 0.6 is 0 Å². The molecule has 0 amide bonds. The smallest absolute Gasteiger partial charge is 0.185 e. The molecule has 0 aliphatic heterocycles. The van der Waals surface area contributed by atoms with E-state index in [1.54, 1.807) is 42.5 Å². The lowest BCUT2D eigenvalue weighted by Crippen LogP contribution is -2.17. The first kappa shape index (κ1) is 14.3. The van der Waals surface area contributed by atoms with Crippen molar-refractivity contribution >= 4 is 15.6 Å². The number of hydrogen-bond acceptors (Lipinski definition) is 4. The summed E-state index contributed by atoms with van der Waals surface area (Å²) in [6, 6.07) is 14.5. The van der Waals surface area contributed by atoms with Crippen LogP contribution in [0.5, 0.6) is 5.75 Å². The Hall–Kier alpha value is -2.14. The van der Waals surface area contributed by atoms with Crippen LogP contribution in [0, 0.1) is 0 Å². The van der Waals surface area contributed by atoms with Gasteiger partial charge >= 0.3 is 0 Å². The number of sulfone groups is 1. The quantitative estimate of drug-likeness (QED) is 0.793. The molecule has 2 rings (SSSR count). The summed E-state index contributed by atoms with van der Waals surface area (Å²) in [6.45, 7) is 0. The van der Waals surface area contributed by atoms with Crippen LogP contribution in [-0.4, -0.2) is 27.1 Å². The van der Waals surface area contributed by atoms with Crippen LogP contribution in [0.2, 0.25) is 0 Å². The van der Waals surface area contributed by atoms with Crippen LogP contribution in [0.15, 0.2) is 59.5 Å². The Labute approximate surface area is 117 Å². The monoisotopic (exact) mass is 290 g/mol. The predicted molar refractivity (Wildman–Crippen MR) is 75.8 cm³/mol. The van der Waals surface area contributed by atoms with Gasteiger partial charge in [0, 0.05) is 0 Å². The Morgan fingerprint density at radius 2 is 1.60 bits per heavy atom. The van der Waals surface area contributed by atoms with Crippen molar-refractivity contribution in [3.8, 4) is 5.75 Å². The van der Waals surface area contributed by atoms with Gasteiger partial charge in [-0.1, -0.05) is 30.3 Å². The van der Waals surface area contributed by atoms with E-state index >= 15 is 0 Å². The number of ether oxygens (including phenoxy) is 1. The standard InChI is InChI=1S/C15H14O4S/c1-19-15-10-6-5-9-13(15)14(16)11-20(17,18)12-7-3-2-4-8-12/h2-10H,11H2,1H3. The highest BCUT2D eigenvalue weighted by molar-refractivity contribution is 7.92. The lowest BCUT2D eigenvalue weighted by atomic mass is 10.1. The number of hydrogen-bond donors (Lipinski definition) is 0. The second kappa shape index (κ2) is 5.88. The summed E-state index contributed by atoms with van der Waals surface area (Å²) in [7, 11) is -2.20. The Bertz CT molecular complexity index is 706. The van der Waals surface area contributed by atoms with Crippen LogP contribution in [0.4, 0.5) is 0 Å². The van der Waals surface area contributed by atoms with E-state index in [4.69, 9.17) is 4.74 Å². The van der Waals surface area contributed by atoms with Crippen molar-refractivity contribution in [2.45, 2.75) is 4.90 Å². The van der Waals surface area contributed by atoms with Gasteiger partial charge in [0.05, 0.1) is 17.6 Å². The minimum absolute atomic E-state index is 0.142. The zero-order valence-electron chi connectivity index (χ0n) is 10.9. The molecule has 0 unspecified atom stereocenters. The van der Waals surface area contributed by atoms with Crippen LogP contribution in [-0.2, 0) is 9.84 Å². The maximum absolute atomic E-state index is 12.2. The van der Waals surface area contributed by atoms with E-state index in [1.807, 2.05) is 0 Å². The lowest BCUT2D eigenvalue weighted by molar-refractivity contribution is 0.101. The minimum Gasteiger partial charge on any atom is -0.496 e. The highest BCUT2D eigenvalue weighted by Crippen LogP contribution is 2.20. The molecule has 2 aromatic carbocycles. The minimum atomic E-state index is -3.64. The van der Waals surface area contributed by atoms with Gasteiger partial charge < -0.3 is 4.74 Å². The Morgan fingerprint density at radius 3 is 2.25 bits per heavy atom. The van der Waals surface area contributed by atoms with E-state index in [-0.39, 0.29) is 10.5 Å². The topological polar surface area (TPSA) is 60.4 Å². The fourth-order valence-corrected chi connectivity index (χ4v) is 3.08. The average Bonchev–Trinajstić information content (AvgIpc) is 2.47. The summed E-state index contributed by atoms with van der Waals surface area (Å²) >= 11 is 0. The first-order valence-corrected chi connectivity index (χ1v) is 7.64. The van der Waals surface area contributed by atoms with E-state index in [9.17, 15) is 13.2 Å². The number of methoxy groups -OCH3 is 1. The van der Waals surface area contributed by atoms with Gasteiger partial charge in [-0.05, 0) is 24.3 Å². The number of benzene rings is 2. The molecule has 2 aromatic rings. The molecule has 0 saturated carbocycles. The van der Waals surface area contributed by atoms with Gasteiger partial charge in [0.1, 0.15) is 11.5 Å². The maximum atomic E-state index is 12.2. The SMILES string of the molecule is COc1ccccc1C(=O)CS(=O)(=O)c1ccccc1. The van der Waals surface area contributed by atoms with E-state index in [0.717, 1.165) is 0 Å². The van der Waals surface area contributed by atoms with Crippen LogP contribution in [0.25, 0.3) is 0 Å². The van der Waals surface area contributed by atoms with Crippen molar-refractivity contribution in [1.29, 1.82) is 0 Å². The zero-order valence-corrected chi connectivity index (χ0v) is 11.8. The van der Waals surface area contributed by atoms with Crippen molar-refractivity contribution in [3.05, 3.63) is 60.2 Å². The van der Waals surface area contributed by atoms with Crippen molar-refractivity contribution in [2.24, 2.45) is 0 Å². The van der Waals surface area contributed by atoms with E-state index in [0.29, 0.717) is 5.75 Å². The Kier molecular flexibility index (Phi) is 4.20. The first-order chi connectivity index (χ1) is 9.54. The van der Waals surface area contributed by atoms with E-state index < -0.39 is 21.4 Å². The largest absolute Gasteiger partial charge is 0.496 e. The summed E-state index contributed by atoms with van der Waals surface area (Å²) in [6.07, 6.45) is 0. The molecule has 0 aliphatic carbocycles. The summed E-state index contributed by atoms with van der Waals surface area (Å²) < 4.78 is 29.4. The average molecular weight is 290 g/mol. The molecule has 104 valence electrons. The molecule has 20 heavy (non-hydrogen) atoms. The molecule has 0 heterocycles.